The molecule has 4 aliphatic rings. The van der Waals surface area contributed by atoms with Gasteiger partial charge >= 0.3 is 43.2 Å². The molecule has 4 aliphatic carbocycles. The van der Waals surface area contributed by atoms with Gasteiger partial charge in [-0.2, -0.15) is 112 Å². The molecule has 13 rings (SSSR count). The maximum absolute atomic E-state index is 13.6. The number of aliphatic hydroxyl groups is 3. The number of hydrogen-bond acceptors (Lipinski definition) is 26. The third kappa shape index (κ3) is 27.6. The lowest BCUT2D eigenvalue weighted by Gasteiger charge is -2.51. The van der Waals surface area contributed by atoms with Gasteiger partial charge in [-0.15, -0.1) is 0 Å². The van der Waals surface area contributed by atoms with E-state index >= 15 is 0 Å². The third-order valence-corrected chi connectivity index (χ3v) is 21.5. The van der Waals surface area contributed by atoms with Gasteiger partial charge in [0.25, 0.3) is 0 Å². The molecule has 0 amide bonds. The van der Waals surface area contributed by atoms with Gasteiger partial charge in [-0.3, -0.25) is 9.97 Å². The van der Waals surface area contributed by atoms with Crippen LogP contribution in [0.2, 0.25) is 0 Å². The van der Waals surface area contributed by atoms with E-state index in [0.29, 0.717) is 88.5 Å². The Bertz CT molecular complexity index is 5090. The van der Waals surface area contributed by atoms with Gasteiger partial charge in [-0.25, -0.2) is 34.9 Å². The first-order valence-corrected chi connectivity index (χ1v) is 39.3. The maximum Gasteiger partial charge on any atom is 0.433 e. The van der Waals surface area contributed by atoms with Crippen molar-refractivity contribution in [3.63, 3.8) is 0 Å². The zero-order valence-electron chi connectivity index (χ0n) is 68.3. The van der Waals surface area contributed by atoms with Crippen LogP contribution in [0.1, 0.15) is 169 Å². The Balaban J connectivity index is 0.000000192. The largest absolute Gasteiger partial charge is 0.477 e. The molecule has 2 unspecified atom stereocenters. The fourth-order valence-electron chi connectivity index (χ4n) is 13.8. The molecule has 4 fully saturated rings. The summed E-state index contributed by atoms with van der Waals surface area (Å²) in [5.41, 5.74) is -5.72. The lowest BCUT2D eigenvalue weighted by atomic mass is 9.64. The molecule has 4 atom stereocenters. The second kappa shape index (κ2) is 41.4. The van der Waals surface area contributed by atoms with Crippen molar-refractivity contribution in [2.75, 3.05) is 56.3 Å². The van der Waals surface area contributed by atoms with Crippen molar-refractivity contribution in [1.82, 2.24) is 64.8 Å². The predicted molar refractivity (Wildman–Crippen MR) is 427 cm³/mol. The Morgan fingerprint density at radius 2 is 0.828 bits per heavy atom. The van der Waals surface area contributed by atoms with Crippen LogP contribution in [-0.4, -0.2) is 148 Å². The van der Waals surface area contributed by atoms with Crippen LogP contribution in [0.3, 0.4) is 0 Å². The van der Waals surface area contributed by atoms with E-state index in [1.807, 2.05) is 56.3 Å². The summed E-state index contributed by atoms with van der Waals surface area (Å²) in [4.78, 5) is 49.1. The lowest BCUT2D eigenvalue weighted by molar-refractivity contribution is -0.142. The number of halogens is 21. The third-order valence-electron chi connectivity index (χ3n) is 21.5. The molecule has 9 aromatic rings. The Morgan fingerprint density at radius 3 is 1.27 bits per heavy atom. The minimum Gasteiger partial charge on any atom is -0.477 e. The number of hydrogen-bond donors (Lipinski definition) is 11. The number of benzene rings is 1. The highest BCUT2D eigenvalue weighted by Gasteiger charge is 2.51. The molecular formula is C81H92F21N21O5. The number of methoxy groups -OCH3 is 1. The average molecular weight is 1840 g/mol. The number of aliphatic hydroxyl groups excluding tert-OH is 2. The van der Waals surface area contributed by atoms with E-state index in [2.05, 4.69) is 107 Å². The fourth-order valence-corrected chi connectivity index (χ4v) is 13.8. The highest BCUT2D eigenvalue weighted by molar-refractivity contribution is 5.63. The molecule has 0 saturated heterocycles. The van der Waals surface area contributed by atoms with Crippen molar-refractivity contribution in [3.8, 4) is 17.1 Å². The maximum atomic E-state index is 13.6. The molecule has 698 valence electrons. The van der Waals surface area contributed by atoms with E-state index in [0.717, 1.165) is 41.7 Å². The average Bonchev–Trinajstić information content (AvgIpc) is 0.773. The number of nitrogens with zero attached hydrogens (tertiary/aromatic N) is 13. The molecule has 47 heteroatoms. The molecule has 8 heterocycles. The molecule has 1 aromatic carbocycles. The van der Waals surface area contributed by atoms with Crippen LogP contribution >= 0.6 is 0 Å². The Morgan fingerprint density at radius 1 is 0.422 bits per heavy atom. The summed E-state index contributed by atoms with van der Waals surface area (Å²) in [5.74, 6) is -2.19. The molecule has 0 spiro atoms. The minimum absolute atomic E-state index is 0. The fraction of sp³-hybridized carbons (Fsp3) is 0.494. The highest BCUT2D eigenvalue weighted by Crippen LogP contribution is 2.48. The van der Waals surface area contributed by atoms with Gasteiger partial charge in [0.1, 0.15) is 57.5 Å². The first kappa shape index (κ1) is 100. The number of anilines is 8. The van der Waals surface area contributed by atoms with Crippen molar-refractivity contribution in [2.24, 2.45) is 10.8 Å². The molecule has 11 N–H and O–H groups in total. The second-order valence-electron chi connectivity index (χ2n) is 31.5. The molecule has 0 aliphatic heterocycles. The van der Waals surface area contributed by atoms with E-state index < -0.39 is 149 Å². The van der Waals surface area contributed by atoms with Crippen molar-refractivity contribution < 1.29 is 117 Å². The van der Waals surface area contributed by atoms with Crippen LogP contribution in [-0.2, 0) is 68.0 Å². The number of alkyl halides is 21. The van der Waals surface area contributed by atoms with Crippen LogP contribution in [0.15, 0.2) is 123 Å². The first-order valence-electron chi connectivity index (χ1n) is 39.3. The highest BCUT2D eigenvalue weighted by atomic mass is 19.4. The Hall–Kier alpha value is -11.4. The molecule has 0 radical (unpaired) electrons. The van der Waals surface area contributed by atoms with E-state index in [4.69, 9.17) is 9.47 Å². The summed E-state index contributed by atoms with van der Waals surface area (Å²) < 4.78 is 287. The van der Waals surface area contributed by atoms with Gasteiger partial charge in [0.05, 0.1) is 42.6 Å². The number of ether oxygens (including phenoxy) is 2. The summed E-state index contributed by atoms with van der Waals surface area (Å²) in [6, 6.07) is 17.7. The predicted octanol–water partition coefficient (Wildman–Crippen LogP) is 18.7. The van der Waals surface area contributed by atoms with Gasteiger partial charge in [0.15, 0.2) is 5.69 Å². The number of pyridine rings is 3. The molecular weight excluding hydrogens is 1750 g/mol. The monoisotopic (exact) mass is 1840 g/mol. The first-order chi connectivity index (χ1) is 59.4. The van der Waals surface area contributed by atoms with Crippen LogP contribution in [0.5, 0.6) is 5.88 Å². The van der Waals surface area contributed by atoms with E-state index in [1.54, 1.807) is 33.0 Å². The summed E-state index contributed by atoms with van der Waals surface area (Å²) in [6.07, 6.45) is -21.7. The van der Waals surface area contributed by atoms with E-state index in [9.17, 15) is 108 Å². The van der Waals surface area contributed by atoms with Crippen LogP contribution in [0.4, 0.5) is 139 Å². The van der Waals surface area contributed by atoms with Gasteiger partial charge in [-0.1, -0.05) is 83.7 Å². The molecule has 26 nitrogen and oxygen atoms in total. The van der Waals surface area contributed by atoms with E-state index in [-0.39, 0.29) is 97.8 Å². The SMILES string of the molecule is C.CC1(C)[C@H](O)C[C@@H]1Nc1nc(NCc2cccnc2OCCC(F)(F)F)ncc1C(F)(F)F.CC1(O)CCC(Nc2nc(NCc3cccnc3-c3ccccc3)ncc2C(F)(F)F)CC1.COC1CC(Nc2nc(NCc3cncnc3C(F)(F)F)ncc2C(F)(F)F)C1(C)C.OC1CCC(Nc2nc(NCc3cccnc3C(F)(F)F)ncc2C(F)(F)F)CC1. The summed E-state index contributed by atoms with van der Waals surface area (Å²) in [6.45, 7) is 7.74. The summed E-state index contributed by atoms with van der Waals surface area (Å²) in [5, 5.41) is 51.6. The molecule has 8 aromatic heterocycles. The van der Waals surface area contributed by atoms with Gasteiger partial charge in [-0.05, 0) is 94.9 Å². The smallest absolute Gasteiger partial charge is 0.433 e. The molecule has 4 saturated carbocycles. The molecule has 0 bridgehead atoms. The Labute approximate surface area is 719 Å². The number of rotatable bonds is 25. The van der Waals surface area contributed by atoms with Crippen LogP contribution in [0, 0.1) is 10.8 Å². The minimum atomic E-state index is -4.72. The lowest BCUT2D eigenvalue weighted by Crippen LogP contribution is -2.58. The standard InChI is InChI=1S/C24H26F3N5O.C20H23F6N5O2.C18H20F6N6O.C18H19F6N5O.CH4/c1-23(33)11-9-18(10-12-23)31-21-19(24(25,26)27)15-30-22(32-21)29-14-17-8-5-13-28-20(17)16-6-3-2-4-7-16;1-18(2)13(8-14(18)32)30-15-12(20(24,25)26)10-29-17(31-15)28-9-11-4-3-6-27-16(11)33-7-5-19(21,22)23;1-16(2)11(4-12(16)31-3)29-14-10(17(19,20)21)7-27-15(30-14)26-6-9-5-25-8-28-13(9)18(22,23)24;19-17(20,21)13-9-27-16(29-15(13)28-11-3-5-12(30)6-4-11)26-8-10-2-1-7-25-14(10)18(22,23)24;/h2-8,13,15,18,33H,9-12,14H2,1H3,(H2,29,30,31,32);3-4,6,10,13-14,32H,5,7-9H2,1-2H3,(H2,28,29,30,31);5,7-8,11-12H,4,6H2,1-3H3,(H2,26,27,29,30);1-2,7,9,11-12,30H,3-6,8H2,(H2,26,27,28,29);1H4/t;13-,14+;;;/m.0.../s1. The number of aromatic nitrogens is 13. The van der Waals surface area contributed by atoms with Gasteiger partial charge in [0, 0.05) is 140 Å². The molecule has 128 heavy (non-hydrogen) atoms. The van der Waals surface area contributed by atoms with E-state index in [1.165, 1.54) is 31.5 Å². The zero-order chi connectivity index (χ0) is 92.9. The van der Waals surface area contributed by atoms with Crippen LogP contribution < -0.4 is 47.3 Å². The quantitative estimate of drug-likeness (QED) is 0.0237. The second-order valence-corrected chi connectivity index (χ2v) is 31.5. The van der Waals surface area contributed by atoms with Crippen molar-refractivity contribution in [2.45, 2.75) is 230 Å². The van der Waals surface area contributed by atoms with Gasteiger partial charge < -0.3 is 67.3 Å². The van der Waals surface area contributed by atoms with Crippen molar-refractivity contribution in [1.29, 1.82) is 0 Å². The topological polar surface area (TPSA) is 343 Å². The summed E-state index contributed by atoms with van der Waals surface area (Å²) in [7, 11) is 1.53. The van der Waals surface area contributed by atoms with Crippen molar-refractivity contribution >= 4 is 47.1 Å². The van der Waals surface area contributed by atoms with Crippen LogP contribution in [0.25, 0.3) is 11.3 Å². The van der Waals surface area contributed by atoms with Crippen molar-refractivity contribution in [3.05, 3.63) is 179 Å². The summed E-state index contributed by atoms with van der Waals surface area (Å²) >= 11 is 0. The zero-order valence-corrected chi connectivity index (χ0v) is 68.3. The normalized spacial score (nSPS) is 20.3. The van der Waals surface area contributed by atoms with Gasteiger partial charge in [0.2, 0.25) is 29.7 Å². The number of nitrogens with one attached hydrogen (secondary N) is 8. The Kier molecular flexibility index (Phi) is 32.5.